The van der Waals surface area contributed by atoms with Crippen molar-refractivity contribution in [2.75, 3.05) is 18.0 Å². The average molecular weight is 412 g/mol. The van der Waals surface area contributed by atoms with E-state index in [1.54, 1.807) is 6.20 Å². The van der Waals surface area contributed by atoms with E-state index in [9.17, 15) is 9.59 Å². The molecule has 2 rings (SSSR count). The van der Waals surface area contributed by atoms with Gasteiger partial charge in [0, 0.05) is 36.2 Å². The Labute approximate surface area is 157 Å². The Morgan fingerprint density at radius 2 is 1.92 bits per heavy atom. The van der Waals surface area contributed by atoms with Crippen LogP contribution in [0.15, 0.2) is 16.7 Å². The number of carbonyl (C=O) groups is 2. The average Bonchev–Trinajstić information content (AvgIpc) is 2.45. The number of ether oxygens (including phenoxy) is 1. The quantitative estimate of drug-likeness (QED) is 0.762. The zero-order valence-corrected chi connectivity index (χ0v) is 17.1. The van der Waals surface area contributed by atoms with Gasteiger partial charge in [-0.2, -0.15) is 0 Å². The van der Waals surface area contributed by atoms with Crippen LogP contribution in [0.2, 0.25) is 0 Å². The summed E-state index contributed by atoms with van der Waals surface area (Å²) in [5, 5.41) is 2.99. The van der Waals surface area contributed by atoms with E-state index in [0.29, 0.717) is 5.69 Å². The van der Waals surface area contributed by atoms with Gasteiger partial charge in [0.2, 0.25) is 0 Å². The highest BCUT2D eigenvalue weighted by atomic mass is 79.9. The third-order valence-corrected chi connectivity index (χ3v) is 4.61. The number of nitrogens with one attached hydrogen (secondary N) is 1. The largest absolute Gasteiger partial charge is 0.444 e. The molecular formula is C18H26BrN3O3. The number of Topliss-reactive ketones (excluding diaryl/α,β-unsaturated/α-hetero) is 1. The first-order valence-electron chi connectivity index (χ1n) is 8.42. The van der Waals surface area contributed by atoms with Gasteiger partial charge in [-0.15, -0.1) is 0 Å². The van der Waals surface area contributed by atoms with Gasteiger partial charge in [0.15, 0.2) is 5.78 Å². The fraction of sp³-hybridized carbons (Fsp3) is 0.611. The summed E-state index contributed by atoms with van der Waals surface area (Å²) in [6, 6.07) is 1.92. The van der Waals surface area contributed by atoms with Gasteiger partial charge in [-0.05, 0) is 62.5 Å². The monoisotopic (exact) mass is 411 g/mol. The van der Waals surface area contributed by atoms with Crippen molar-refractivity contribution in [1.82, 2.24) is 10.3 Å². The number of piperidine rings is 1. The molecule has 6 nitrogen and oxygen atoms in total. The van der Waals surface area contributed by atoms with Crippen molar-refractivity contribution in [2.45, 2.75) is 58.6 Å². The summed E-state index contributed by atoms with van der Waals surface area (Å²) in [4.78, 5) is 30.3. The predicted molar refractivity (Wildman–Crippen MR) is 101 cm³/mol. The summed E-state index contributed by atoms with van der Waals surface area (Å²) in [5.41, 5.74) is 0.474. The van der Waals surface area contributed by atoms with E-state index in [1.165, 1.54) is 6.92 Å². The lowest BCUT2D eigenvalue weighted by atomic mass is 9.89. The number of alkyl carbamates (subject to hydrolysis) is 1. The van der Waals surface area contributed by atoms with Crippen LogP contribution in [0.4, 0.5) is 10.5 Å². The number of anilines is 1. The molecule has 7 heteroatoms. The highest BCUT2D eigenvalue weighted by Gasteiger charge is 2.34. The maximum absolute atomic E-state index is 12.1. The Hall–Kier alpha value is -1.63. The summed E-state index contributed by atoms with van der Waals surface area (Å²) in [5.74, 6) is -0.0530. The number of aromatic nitrogens is 1. The van der Waals surface area contributed by atoms with Gasteiger partial charge in [-0.3, -0.25) is 4.79 Å². The highest BCUT2D eigenvalue weighted by molar-refractivity contribution is 9.10. The number of hydrogen-bond acceptors (Lipinski definition) is 5. The van der Waals surface area contributed by atoms with Gasteiger partial charge in [-0.1, -0.05) is 0 Å². The van der Waals surface area contributed by atoms with Gasteiger partial charge in [0.1, 0.15) is 11.3 Å². The normalized spacial score (nSPS) is 17.1. The van der Waals surface area contributed by atoms with Crippen LogP contribution < -0.4 is 10.2 Å². The molecule has 0 bridgehead atoms. The minimum atomic E-state index is -0.514. The molecular weight excluding hydrogens is 386 g/mol. The van der Waals surface area contributed by atoms with Gasteiger partial charge < -0.3 is 15.0 Å². The zero-order valence-electron chi connectivity index (χ0n) is 15.5. The Morgan fingerprint density at radius 1 is 1.32 bits per heavy atom. The molecule has 0 aliphatic carbocycles. The molecule has 1 aromatic rings. The van der Waals surface area contributed by atoms with Crippen molar-refractivity contribution in [3.8, 4) is 0 Å². The smallest absolute Gasteiger partial charge is 0.408 e. The third-order valence-electron chi connectivity index (χ3n) is 4.18. The zero-order chi connectivity index (χ0) is 18.8. The van der Waals surface area contributed by atoms with Crippen molar-refractivity contribution >= 4 is 33.5 Å². The summed E-state index contributed by atoms with van der Waals surface area (Å²) in [6.07, 6.45) is 2.77. The maximum Gasteiger partial charge on any atom is 0.408 e. The second kappa shape index (κ2) is 7.32. The first kappa shape index (κ1) is 19.7. The fourth-order valence-corrected chi connectivity index (χ4v) is 3.18. The van der Waals surface area contributed by atoms with Crippen LogP contribution >= 0.6 is 15.9 Å². The Kier molecular flexibility index (Phi) is 5.76. The third kappa shape index (κ3) is 5.42. The van der Waals surface area contributed by atoms with Crippen LogP contribution in [0, 0.1) is 0 Å². The topological polar surface area (TPSA) is 71.5 Å². The van der Waals surface area contributed by atoms with E-state index in [-0.39, 0.29) is 11.3 Å². The lowest BCUT2D eigenvalue weighted by Crippen LogP contribution is -2.54. The van der Waals surface area contributed by atoms with Gasteiger partial charge in [0.25, 0.3) is 0 Å². The van der Waals surface area contributed by atoms with Gasteiger partial charge >= 0.3 is 6.09 Å². The number of rotatable bonds is 3. The maximum atomic E-state index is 12.1. The predicted octanol–water partition coefficient (Wildman–Crippen LogP) is 3.93. The van der Waals surface area contributed by atoms with Crippen molar-refractivity contribution in [2.24, 2.45) is 0 Å². The Bertz CT molecular complexity index is 662. The van der Waals surface area contributed by atoms with Gasteiger partial charge in [0.05, 0.1) is 5.69 Å². The molecule has 2 heterocycles. The first-order chi connectivity index (χ1) is 11.5. The molecule has 0 atom stereocenters. The number of ketones is 1. The Morgan fingerprint density at radius 3 is 2.44 bits per heavy atom. The minimum Gasteiger partial charge on any atom is -0.444 e. The molecule has 25 heavy (non-hydrogen) atoms. The lowest BCUT2D eigenvalue weighted by Gasteiger charge is -2.41. The van der Waals surface area contributed by atoms with E-state index < -0.39 is 11.7 Å². The molecule has 1 saturated heterocycles. The van der Waals surface area contributed by atoms with Crippen LogP contribution in [-0.2, 0) is 4.74 Å². The molecule has 0 radical (unpaired) electrons. The Balaban J connectivity index is 2.05. The summed E-state index contributed by atoms with van der Waals surface area (Å²) in [7, 11) is 0. The lowest BCUT2D eigenvalue weighted by molar-refractivity contribution is 0.0448. The van der Waals surface area contributed by atoms with E-state index >= 15 is 0 Å². The van der Waals surface area contributed by atoms with Crippen LogP contribution in [0.1, 0.15) is 57.9 Å². The van der Waals surface area contributed by atoms with Crippen molar-refractivity contribution in [1.29, 1.82) is 0 Å². The van der Waals surface area contributed by atoms with Crippen molar-refractivity contribution in [3.63, 3.8) is 0 Å². The fourth-order valence-electron chi connectivity index (χ4n) is 2.86. The SMILES string of the molecule is CC(=O)c1ncc(Br)cc1N1CCC(C)(NC(=O)OC(C)(C)C)CC1. The molecule has 0 aromatic carbocycles. The minimum absolute atomic E-state index is 0.0530. The first-order valence-corrected chi connectivity index (χ1v) is 9.21. The summed E-state index contributed by atoms with van der Waals surface area (Å²) >= 11 is 3.42. The molecule has 1 fully saturated rings. The van der Waals surface area contributed by atoms with E-state index in [2.05, 4.69) is 31.1 Å². The molecule has 0 unspecified atom stereocenters. The second-order valence-corrected chi connectivity index (χ2v) is 8.67. The number of amides is 1. The van der Waals surface area contributed by atoms with Crippen LogP contribution in [0.3, 0.4) is 0 Å². The number of pyridine rings is 1. The molecule has 1 aliphatic heterocycles. The molecule has 1 aromatic heterocycles. The molecule has 1 amide bonds. The van der Waals surface area contributed by atoms with Crippen molar-refractivity contribution < 1.29 is 14.3 Å². The van der Waals surface area contributed by atoms with Gasteiger partial charge in [-0.25, -0.2) is 9.78 Å². The number of hydrogen-bond donors (Lipinski definition) is 1. The van der Waals surface area contributed by atoms with E-state index in [1.807, 2.05) is 33.8 Å². The molecule has 0 saturated carbocycles. The van der Waals surface area contributed by atoms with Crippen LogP contribution in [-0.4, -0.2) is 41.1 Å². The molecule has 138 valence electrons. The molecule has 0 spiro atoms. The van der Waals surface area contributed by atoms with E-state index in [0.717, 1.165) is 36.1 Å². The van der Waals surface area contributed by atoms with E-state index in [4.69, 9.17) is 4.74 Å². The highest BCUT2D eigenvalue weighted by Crippen LogP contribution is 2.30. The number of carbonyl (C=O) groups excluding carboxylic acids is 2. The molecule has 1 N–H and O–H groups in total. The standard InChI is InChI=1S/C18H26BrN3O3/c1-12(23)15-14(10-13(19)11-20-15)22-8-6-18(5,7-9-22)21-16(24)25-17(2,3)4/h10-11H,6-9H2,1-5H3,(H,21,24). The van der Waals surface area contributed by atoms with Crippen LogP contribution in [0.5, 0.6) is 0 Å². The summed E-state index contributed by atoms with van der Waals surface area (Å²) < 4.78 is 6.20. The van der Waals surface area contributed by atoms with Crippen molar-refractivity contribution in [3.05, 3.63) is 22.4 Å². The number of halogens is 1. The molecule has 1 aliphatic rings. The summed E-state index contributed by atoms with van der Waals surface area (Å²) in [6.45, 7) is 10.6. The van der Waals surface area contributed by atoms with Crippen LogP contribution in [0.25, 0.3) is 0 Å². The second-order valence-electron chi connectivity index (χ2n) is 7.75. The number of nitrogens with zero attached hydrogens (tertiary/aromatic N) is 2.